The van der Waals surface area contributed by atoms with Crippen molar-refractivity contribution in [2.45, 2.75) is 46.0 Å². The Bertz CT molecular complexity index is 770. The molecule has 2 aromatic carbocycles. The van der Waals surface area contributed by atoms with Crippen LogP contribution in [0.2, 0.25) is 0 Å². The van der Waals surface area contributed by atoms with Crippen LogP contribution in [-0.2, 0) is 6.42 Å². The normalized spacial score (nSPS) is 14.9. The van der Waals surface area contributed by atoms with Gasteiger partial charge in [0.05, 0.1) is 12.4 Å². The highest BCUT2D eigenvalue weighted by atomic mass is 35.5. The predicted octanol–water partition coefficient (Wildman–Crippen LogP) is 6.67. The maximum Gasteiger partial charge on any atom is 0.146 e. The van der Waals surface area contributed by atoms with Crippen molar-refractivity contribution in [2.24, 2.45) is 0 Å². The zero-order valence-corrected chi connectivity index (χ0v) is 16.6. The molecule has 0 N–H and O–H groups in total. The first-order valence-corrected chi connectivity index (χ1v) is 10.0. The number of unbranched alkanes of at least 4 members (excludes halogenated alkanes) is 3. The van der Waals surface area contributed by atoms with E-state index in [1.807, 2.05) is 0 Å². The second kappa shape index (κ2) is 8.33. The molecule has 0 radical (unpaired) electrons. The third-order valence-electron chi connectivity index (χ3n) is 4.91. The summed E-state index contributed by atoms with van der Waals surface area (Å²) in [7, 11) is 0. The third kappa shape index (κ3) is 3.75. The lowest BCUT2D eigenvalue weighted by molar-refractivity contribution is 0.380. The van der Waals surface area contributed by atoms with Crippen molar-refractivity contribution in [3.8, 4) is 0 Å². The monoisotopic (exact) mass is 376 g/mol. The molecule has 0 bridgehead atoms. The molecule has 2 nitrogen and oxygen atoms in total. The fourth-order valence-electron chi connectivity index (χ4n) is 3.51. The summed E-state index contributed by atoms with van der Waals surface area (Å²) in [6.45, 7) is 6.10. The molecular weight excluding hydrogens is 351 g/mol. The number of halogens is 2. The summed E-state index contributed by atoms with van der Waals surface area (Å²) in [6, 6.07) is 12.9. The van der Waals surface area contributed by atoms with Gasteiger partial charge in [-0.1, -0.05) is 92.7 Å². The summed E-state index contributed by atoms with van der Waals surface area (Å²) in [5, 5.41) is 3.78. The Labute approximate surface area is 161 Å². The lowest BCUT2D eigenvalue weighted by Crippen LogP contribution is -2.28. The van der Waals surface area contributed by atoms with Crippen molar-refractivity contribution in [1.29, 1.82) is 0 Å². The van der Waals surface area contributed by atoms with E-state index in [1.165, 1.54) is 41.3 Å². The van der Waals surface area contributed by atoms with Crippen LogP contribution in [0.4, 0.5) is 5.69 Å². The van der Waals surface area contributed by atoms with Gasteiger partial charge in [-0.2, -0.15) is 0 Å². The topological polar surface area (TPSA) is 6.48 Å². The van der Waals surface area contributed by atoms with Gasteiger partial charge in [-0.3, -0.25) is 0 Å². The number of aryl methyl sites for hydroxylation is 1. The average molecular weight is 377 g/mol. The van der Waals surface area contributed by atoms with Crippen molar-refractivity contribution < 1.29 is 0 Å². The molecule has 0 saturated heterocycles. The Kier molecular flexibility index (Phi) is 6.14. The van der Waals surface area contributed by atoms with E-state index < -0.39 is 0 Å². The Morgan fingerprint density at radius 2 is 1.72 bits per heavy atom. The molecule has 1 aliphatic rings. The Morgan fingerprint density at radius 1 is 0.920 bits per heavy atom. The van der Waals surface area contributed by atoms with E-state index in [2.05, 4.69) is 60.0 Å². The van der Waals surface area contributed by atoms with Gasteiger partial charge in [-0.05, 0) is 23.8 Å². The standard InChI is InChI=1S/C21H26Cl2N2/c1-3-5-6-9-14-24-15-25(21(23)20(24)22)19-16(4-2)12-13-17-10-7-8-11-18(17)19/h7-8,10-13H,3-6,9,14-15H2,1-2H3. The van der Waals surface area contributed by atoms with E-state index in [-0.39, 0.29) is 0 Å². The van der Waals surface area contributed by atoms with Crippen molar-refractivity contribution >= 4 is 39.7 Å². The zero-order valence-electron chi connectivity index (χ0n) is 15.1. The van der Waals surface area contributed by atoms with Gasteiger partial charge in [0.15, 0.2) is 0 Å². The van der Waals surface area contributed by atoms with Crippen LogP contribution in [0, 0.1) is 0 Å². The minimum atomic E-state index is 0.642. The van der Waals surface area contributed by atoms with Crippen LogP contribution in [0.5, 0.6) is 0 Å². The predicted molar refractivity (Wildman–Crippen MR) is 110 cm³/mol. The van der Waals surface area contributed by atoms with Crippen molar-refractivity contribution in [3.63, 3.8) is 0 Å². The zero-order chi connectivity index (χ0) is 17.8. The first kappa shape index (κ1) is 18.4. The first-order valence-electron chi connectivity index (χ1n) is 9.25. The van der Waals surface area contributed by atoms with Gasteiger partial charge in [0.2, 0.25) is 0 Å². The van der Waals surface area contributed by atoms with Gasteiger partial charge in [-0.15, -0.1) is 0 Å². The molecule has 0 aromatic heterocycles. The molecule has 1 heterocycles. The second-order valence-corrected chi connectivity index (χ2v) is 7.34. The Balaban J connectivity index is 1.91. The van der Waals surface area contributed by atoms with E-state index in [0.717, 1.165) is 26.1 Å². The molecule has 0 unspecified atom stereocenters. The van der Waals surface area contributed by atoms with Crippen LogP contribution in [0.25, 0.3) is 10.8 Å². The molecule has 3 rings (SSSR count). The van der Waals surface area contributed by atoms with Gasteiger partial charge in [0.25, 0.3) is 0 Å². The highest BCUT2D eigenvalue weighted by Crippen LogP contribution is 2.40. The largest absolute Gasteiger partial charge is 0.342 e. The van der Waals surface area contributed by atoms with E-state index in [1.54, 1.807) is 0 Å². The SMILES string of the molecule is CCCCCCN1CN(c2c(CC)ccc3ccccc23)C(Cl)=C1Cl. The molecule has 1 aliphatic heterocycles. The van der Waals surface area contributed by atoms with Gasteiger partial charge >= 0.3 is 0 Å². The number of fused-ring (bicyclic) bond motifs is 1. The van der Waals surface area contributed by atoms with Gasteiger partial charge in [0, 0.05) is 11.9 Å². The molecule has 0 amide bonds. The molecule has 25 heavy (non-hydrogen) atoms. The van der Waals surface area contributed by atoms with E-state index in [0.29, 0.717) is 10.3 Å². The summed E-state index contributed by atoms with van der Waals surface area (Å²) in [4.78, 5) is 4.37. The first-order chi connectivity index (χ1) is 12.2. The summed E-state index contributed by atoms with van der Waals surface area (Å²) in [5.74, 6) is 0. The van der Waals surface area contributed by atoms with Crippen LogP contribution >= 0.6 is 23.2 Å². The fraction of sp³-hybridized carbons (Fsp3) is 0.429. The summed E-state index contributed by atoms with van der Waals surface area (Å²) < 4.78 is 0. The number of rotatable bonds is 7. The second-order valence-electron chi connectivity index (χ2n) is 6.62. The lowest BCUT2D eigenvalue weighted by atomic mass is 10.0. The molecule has 134 valence electrons. The van der Waals surface area contributed by atoms with Gasteiger partial charge in [-0.25, -0.2) is 0 Å². The maximum atomic E-state index is 6.66. The van der Waals surface area contributed by atoms with Crippen molar-refractivity contribution in [2.75, 3.05) is 18.1 Å². The molecule has 0 saturated carbocycles. The summed E-state index contributed by atoms with van der Waals surface area (Å²) in [5.41, 5.74) is 2.49. The Morgan fingerprint density at radius 3 is 2.48 bits per heavy atom. The average Bonchev–Trinajstić information content (AvgIpc) is 2.92. The van der Waals surface area contributed by atoms with Crippen molar-refractivity contribution in [3.05, 3.63) is 52.3 Å². The van der Waals surface area contributed by atoms with Crippen LogP contribution in [0.15, 0.2) is 46.7 Å². The highest BCUT2D eigenvalue weighted by Gasteiger charge is 2.29. The summed E-state index contributed by atoms with van der Waals surface area (Å²) >= 11 is 13.2. The number of benzene rings is 2. The van der Waals surface area contributed by atoms with E-state index >= 15 is 0 Å². The highest BCUT2D eigenvalue weighted by molar-refractivity contribution is 6.40. The quantitative estimate of drug-likeness (QED) is 0.393. The molecular formula is C21H26Cl2N2. The van der Waals surface area contributed by atoms with Gasteiger partial charge < -0.3 is 9.80 Å². The smallest absolute Gasteiger partial charge is 0.146 e. The number of anilines is 1. The third-order valence-corrected chi connectivity index (χ3v) is 5.81. The van der Waals surface area contributed by atoms with Crippen LogP contribution in [0.3, 0.4) is 0 Å². The Hall–Kier alpha value is -1.38. The van der Waals surface area contributed by atoms with Crippen LogP contribution in [0.1, 0.15) is 45.1 Å². The molecule has 0 fully saturated rings. The van der Waals surface area contributed by atoms with Crippen molar-refractivity contribution in [1.82, 2.24) is 4.90 Å². The maximum absolute atomic E-state index is 6.66. The molecule has 0 spiro atoms. The fourth-order valence-corrected chi connectivity index (χ4v) is 4.01. The molecule has 0 atom stereocenters. The number of hydrogen-bond acceptors (Lipinski definition) is 2. The lowest BCUT2D eigenvalue weighted by Gasteiger charge is -2.26. The number of nitrogens with zero attached hydrogens (tertiary/aromatic N) is 2. The molecule has 2 aromatic rings. The molecule has 0 aliphatic carbocycles. The summed E-state index contributed by atoms with van der Waals surface area (Å²) in [6.07, 6.45) is 5.87. The number of hydrogen-bond donors (Lipinski definition) is 0. The van der Waals surface area contributed by atoms with E-state index in [4.69, 9.17) is 23.2 Å². The van der Waals surface area contributed by atoms with Crippen LogP contribution < -0.4 is 4.90 Å². The van der Waals surface area contributed by atoms with Gasteiger partial charge in [0.1, 0.15) is 10.3 Å². The molecule has 4 heteroatoms. The minimum Gasteiger partial charge on any atom is -0.342 e. The van der Waals surface area contributed by atoms with Crippen LogP contribution in [-0.4, -0.2) is 18.1 Å². The van der Waals surface area contributed by atoms with E-state index in [9.17, 15) is 0 Å². The minimum absolute atomic E-state index is 0.642.